The lowest BCUT2D eigenvalue weighted by atomic mass is 10.2. The lowest BCUT2D eigenvalue weighted by Gasteiger charge is -2.05. The summed E-state index contributed by atoms with van der Waals surface area (Å²) < 4.78 is 26.4. The average Bonchev–Trinajstić information content (AvgIpc) is 2.80. The van der Waals surface area contributed by atoms with Crippen molar-refractivity contribution in [1.82, 2.24) is 0 Å². The smallest absolute Gasteiger partial charge is 0.265 e. The van der Waals surface area contributed by atoms with Crippen molar-refractivity contribution in [2.45, 2.75) is 10.6 Å². The predicted molar refractivity (Wildman–Crippen MR) is 88.3 cm³/mol. The van der Waals surface area contributed by atoms with E-state index >= 15 is 0 Å². The van der Waals surface area contributed by atoms with Gasteiger partial charge < -0.3 is 0 Å². The van der Waals surface area contributed by atoms with Crippen molar-refractivity contribution in [2.24, 2.45) is 0 Å². The van der Waals surface area contributed by atoms with Gasteiger partial charge in [0.25, 0.3) is 4.06 Å². The molecule has 3 aromatic rings. The van der Waals surface area contributed by atoms with Crippen LogP contribution in [0, 0.1) is 0 Å². The van der Waals surface area contributed by atoms with Crippen molar-refractivity contribution in [3.63, 3.8) is 0 Å². The van der Waals surface area contributed by atoms with E-state index in [2.05, 4.69) is 0 Å². The molecule has 108 valence electrons. The van der Waals surface area contributed by atoms with Gasteiger partial charge in [0.05, 0.1) is 15.3 Å². The molecule has 0 N–H and O–H groups in total. The molecule has 0 amide bonds. The van der Waals surface area contributed by atoms with Gasteiger partial charge in [-0.1, -0.05) is 46.4 Å². The molecule has 0 aliphatic carbocycles. The Bertz CT molecular complexity index is 953. The van der Waals surface area contributed by atoms with Crippen molar-refractivity contribution >= 4 is 53.5 Å². The fraction of sp³-hybridized carbons (Fsp3) is 0.0714. The molecule has 1 aromatic heterocycles. The lowest BCUT2D eigenvalue weighted by molar-refractivity contribution is 0.595. The van der Waals surface area contributed by atoms with Gasteiger partial charge in [-0.15, -0.1) is 0 Å². The van der Waals surface area contributed by atoms with Crippen LogP contribution in [0.5, 0.6) is 0 Å². The van der Waals surface area contributed by atoms with E-state index in [4.69, 9.17) is 11.6 Å². The van der Waals surface area contributed by atoms with Crippen LogP contribution in [0.25, 0.3) is 9.40 Å². The van der Waals surface area contributed by atoms with Crippen LogP contribution in [0.3, 0.4) is 0 Å². The maximum absolute atomic E-state index is 12.4. The van der Waals surface area contributed by atoms with Crippen LogP contribution >= 0.6 is 34.3 Å². The molecule has 0 fully saturated rings. The summed E-state index contributed by atoms with van der Waals surface area (Å²) in [6, 6.07) is 11.5. The van der Waals surface area contributed by atoms with Crippen LogP contribution in [0.15, 0.2) is 52.2 Å². The Morgan fingerprint density at radius 2 is 1.62 bits per heavy atom. The summed E-state index contributed by atoms with van der Waals surface area (Å²) in [5.41, 5.74) is 0.679. The van der Waals surface area contributed by atoms with E-state index in [9.17, 15) is 13.2 Å². The van der Waals surface area contributed by atoms with Gasteiger partial charge in [-0.05, 0) is 35.9 Å². The van der Waals surface area contributed by atoms with E-state index in [1.807, 2.05) is 0 Å². The normalized spacial score (nSPS) is 11.9. The summed E-state index contributed by atoms with van der Waals surface area (Å²) in [5, 5.41) is 0.570. The molecule has 0 bridgehead atoms. The average molecular weight is 357 g/mol. The molecular weight excluding hydrogens is 348 g/mol. The number of hydrogen-bond donors (Lipinski definition) is 0. The second-order valence-electron chi connectivity index (χ2n) is 4.45. The van der Waals surface area contributed by atoms with Crippen LogP contribution in [0.1, 0.15) is 5.56 Å². The first-order valence-corrected chi connectivity index (χ1v) is 9.61. The minimum absolute atomic E-state index is 0.0303. The van der Waals surface area contributed by atoms with E-state index in [1.165, 1.54) is 0 Å². The summed E-state index contributed by atoms with van der Waals surface area (Å²) in [6.45, 7) is 0. The Kier molecular flexibility index (Phi) is 3.88. The third-order valence-corrected chi connectivity index (χ3v) is 6.96. The maximum Gasteiger partial charge on any atom is 0.288 e. The van der Waals surface area contributed by atoms with E-state index < -0.39 is 9.84 Å². The van der Waals surface area contributed by atoms with Gasteiger partial charge in [-0.25, -0.2) is 8.42 Å². The van der Waals surface area contributed by atoms with Gasteiger partial charge >= 0.3 is 0 Å². The lowest BCUT2D eigenvalue weighted by Crippen LogP contribution is -2.04. The predicted octanol–water partition coefficient (Wildman–Crippen LogP) is 3.95. The molecule has 0 unspecified atom stereocenters. The highest BCUT2D eigenvalue weighted by Gasteiger charge is 2.16. The topological polar surface area (TPSA) is 51.2 Å². The van der Waals surface area contributed by atoms with Crippen molar-refractivity contribution in [2.75, 3.05) is 0 Å². The van der Waals surface area contributed by atoms with Crippen LogP contribution < -0.4 is 4.06 Å². The molecule has 7 heteroatoms. The summed E-state index contributed by atoms with van der Waals surface area (Å²) >= 11 is 7.99. The number of hydrogen-bond acceptors (Lipinski definition) is 5. The van der Waals surface area contributed by atoms with Gasteiger partial charge in [0, 0.05) is 9.72 Å². The molecule has 1 heterocycles. The Hall–Kier alpha value is -1.21. The zero-order chi connectivity index (χ0) is 15.0. The Morgan fingerprint density at radius 1 is 0.952 bits per heavy atom. The van der Waals surface area contributed by atoms with Gasteiger partial charge in [0.15, 0.2) is 9.84 Å². The third-order valence-electron chi connectivity index (χ3n) is 2.93. The molecule has 2 aromatic carbocycles. The van der Waals surface area contributed by atoms with Crippen LogP contribution in [-0.4, -0.2) is 8.42 Å². The highest BCUT2D eigenvalue weighted by molar-refractivity contribution is 7.90. The van der Waals surface area contributed by atoms with E-state index in [0.29, 0.717) is 15.3 Å². The summed E-state index contributed by atoms with van der Waals surface area (Å²) in [4.78, 5) is 11.6. The molecule has 0 saturated heterocycles. The fourth-order valence-electron chi connectivity index (χ4n) is 1.93. The molecule has 3 nitrogen and oxygen atoms in total. The molecule has 0 atom stereocenters. The molecule has 0 spiro atoms. The number of benzene rings is 2. The van der Waals surface area contributed by atoms with Crippen LogP contribution in [0.2, 0.25) is 5.02 Å². The Morgan fingerprint density at radius 3 is 2.33 bits per heavy atom. The van der Waals surface area contributed by atoms with E-state index in [1.54, 1.807) is 42.5 Å². The van der Waals surface area contributed by atoms with Crippen molar-refractivity contribution in [3.05, 3.63) is 61.9 Å². The highest BCUT2D eigenvalue weighted by atomic mass is 35.5. The minimum atomic E-state index is -3.44. The molecule has 3 rings (SSSR count). The second kappa shape index (κ2) is 5.53. The van der Waals surface area contributed by atoms with Crippen molar-refractivity contribution in [1.29, 1.82) is 0 Å². The SMILES string of the molecule is O=c1sc2ccc(S(=O)(=O)Cc3ccc(Cl)cc3)cc2s1. The largest absolute Gasteiger partial charge is 0.288 e. The minimum Gasteiger partial charge on any atom is -0.265 e. The number of fused-ring (bicyclic) bond motifs is 1. The molecule has 0 aliphatic rings. The Balaban J connectivity index is 1.99. The molecule has 21 heavy (non-hydrogen) atoms. The van der Waals surface area contributed by atoms with Crippen molar-refractivity contribution in [3.8, 4) is 0 Å². The first-order valence-electron chi connectivity index (χ1n) is 5.95. The van der Waals surface area contributed by atoms with Gasteiger partial charge in [-0.2, -0.15) is 0 Å². The Labute approximate surface area is 134 Å². The molecule has 0 aliphatic heterocycles. The van der Waals surface area contributed by atoms with Gasteiger partial charge in [0.2, 0.25) is 0 Å². The summed E-state index contributed by atoms with van der Waals surface area (Å²) in [7, 11) is -3.44. The molecular formula is C14H9ClO3S3. The third kappa shape index (κ3) is 3.18. The fourth-order valence-corrected chi connectivity index (χ4v) is 5.47. The number of halogens is 1. The van der Waals surface area contributed by atoms with Crippen LogP contribution in [-0.2, 0) is 15.6 Å². The van der Waals surface area contributed by atoms with Gasteiger partial charge in [0.1, 0.15) is 0 Å². The highest BCUT2D eigenvalue weighted by Crippen LogP contribution is 2.26. The second-order valence-corrected chi connectivity index (χ2v) is 9.16. The summed E-state index contributed by atoms with van der Waals surface area (Å²) in [5.74, 6) is -0.0886. The standard InChI is InChI=1S/C14H9ClO3S3/c15-10-3-1-9(2-4-10)8-21(17,18)11-5-6-12-13(7-11)20-14(16)19-12/h1-7H,8H2. The van der Waals surface area contributed by atoms with Crippen LogP contribution in [0.4, 0.5) is 0 Å². The number of rotatable bonds is 3. The molecule has 0 radical (unpaired) electrons. The first-order chi connectivity index (χ1) is 9.94. The van der Waals surface area contributed by atoms with E-state index in [0.717, 1.165) is 27.4 Å². The molecule has 0 saturated carbocycles. The summed E-state index contributed by atoms with van der Waals surface area (Å²) in [6.07, 6.45) is 0. The quantitative estimate of drug-likeness (QED) is 0.714. The zero-order valence-electron chi connectivity index (χ0n) is 10.6. The maximum atomic E-state index is 12.4. The van der Waals surface area contributed by atoms with Crippen molar-refractivity contribution < 1.29 is 8.42 Å². The number of sulfone groups is 1. The van der Waals surface area contributed by atoms with Gasteiger partial charge in [-0.3, -0.25) is 4.79 Å². The zero-order valence-corrected chi connectivity index (χ0v) is 13.8. The monoisotopic (exact) mass is 356 g/mol. The van der Waals surface area contributed by atoms with E-state index in [-0.39, 0.29) is 14.7 Å². The first kappa shape index (κ1) is 14.7.